The van der Waals surface area contributed by atoms with E-state index in [1.165, 1.54) is 12.8 Å². The smallest absolute Gasteiger partial charge is 1.00 e. The van der Waals surface area contributed by atoms with Crippen molar-refractivity contribution in [3.05, 3.63) is 43.0 Å². The first kappa shape index (κ1) is 29.2. The molecule has 0 saturated heterocycles. The van der Waals surface area contributed by atoms with Crippen LogP contribution >= 0.6 is 0 Å². The van der Waals surface area contributed by atoms with Crippen molar-refractivity contribution in [1.82, 2.24) is 24.1 Å². The molecule has 0 spiro atoms. The summed E-state index contributed by atoms with van der Waals surface area (Å²) < 4.78 is 4.36. The molecule has 1 radical (unpaired) electrons. The van der Waals surface area contributed by atoms with Gasteiger partial charge in [0.05, 0.1) is 0 Å². The van der Waals surface area contributed by atoms with Crippen LogP contribution in [0.1, 0.15) is 39.5 Å². The minimum Gasteiger partial charge on any atom is -1.00 e. The van der Waals surface area contributed by atoms with Crippen molar-refractivity contribution in [2.24, 2.45) is 0 Å². The van der Waals surface area contributed by atoms with Crippen molar-refractivity contribution in [3.8, 4) is 23.0 Å². The van der Waals surface area contributed by atoms with Gasteiger partial charge in [-0.25, -0.2) is 15.0 Å². The zero-order valence-corrected chi connectivity index (χ0v) is 19.4. The Labute approximate surface area is 196 Å². The summed E-state index contributed by atoms with van der Waals surface area (Å²) in [6.07, 6.45) is 12.4. The summed E-state index contributed by atoms with van der Waals surface area (Å²) in [6, 6.07) is 6.08. The van der Waals surface area contributed by atoms with Crippen LogP contribution in [-0.4, -0.2) is 24.1 Å². The molecule has 0 N–H and O–H groups in total. The van der Waals surface area contributed by atoms with Crippen molar-refractivity contribution < 1.29 is 54.3 Å². The van der Waals surface area contributed by atoms with Crippen LogP contribution in [-0.2, 0) is 30.2 Å². The van der Waals surface area contributed by atoms with Gasteiger partial charge in [-0.1, -0.05) is 32.8 Å². The number of pyridine rings is 1. The molecule has 9 heteroatoms. The van der Waals surface area contributed by atoms with Crippen LogP contribution in [0.5, 0.6) is 0 Å². The van der Waals surface area contributed by atoms with Gasteiger partial charge in [0.15, 0.2) is 11.6 Å². The molecule has 0 aliphatic carbocycles. The molecule has 0 bridgehead atoms. The van der Waals surface area contributed by atoms with Crippen molar-refractivity contribution in [3.63, 3.8) is 0 Å². The standard InChI is InChI=1S/C19H25N5.3ClH.Fe/c1-3-5-12-23-14-10-20-18(23)16-8-7-9-17(22-16)19-21-11-15-24(19)13-6-4-2;;;;/h7-11,14-15H,3-6,12-13H2,1-2H3;3*1H;/q;;;;+3/p-3. The Morgan fingerprint density at radius 2 is 1.18 bits per heavy atom. The van der Waals surface area contributed by atoms with E-state index in [1.54, 1.807) is 0 Å². The predicted octanol–water partition coefficient (Wildman–Crippen LogP) is -4.58. The van der Waals surface area contributed by atoms with Gasteiger partial charge in [0.2, 0.25) is 0 Å². The van der Waals surface area contributed by atoms with Crippen LogP contribution in [0.2, 0.25) is 0 Å². The Balaban J connectivity index is 0. The van der Waals surface area contributed by atoms with Gasteiger partial charge >= 0.3 is 17.1 Å². The second-order valence-corrected chi connectivity index (χ2v) is 6.00. The third-order valence-corrected chi connectivity index (χ3v) is 4.14. The number of nitrogens with zero attached hydrogens (tertiary/aromatic N) is 5. The van der Waals surface area contributed by atoms with Crippen molar-refractivity contribution in [1.29, 1.82) is 0 Å². The van der Waals surface area contributed by atoms with Crippen LogP contribution < -0.4 is 37.2 Å². The molecule has 155 valence electrons. The van der Waals surface area contributed by atoms with E-state index in [-0.39, 0.29) is 54.3 Å². The molecule has 3 aromatic heterocycles. The van der Waals surface area contributed by atoms with E-state index in [9.17, 15) is 0 Å². The summed E-state index contributed by atoms with van der Waals surface area (Å²) in [4.78, 5) is 13.8. The van der Waals surface area contributed by atoms with E-state index < -0.39 is 0 Å². The van der Waals surface area contributed by atoms with E-state index in [4.69, 9.17) is 4.98 Å². The molecule has 3 aromatic rings. The minimum atomic E-state index is 0. The monoisotopic (exact) mass is 484 g/mol. The number of rotatable bonds is 8. The van der Waals surface area contributed by atoms with Gasteiger partial charge in [0, 0.05) is 37.9 Å². The quantitative estimate of drug-likeness (QED) is 0.302. The summed E-state index contributed by atoms with van der Waals surface area (Å²) in [5, 5.41) is 0. The maximum Gasteiger partial charge on any atom is 3.00 e. The van der Waals surface area contributed by atoms with E-state index in [2.05, 4.69) is 32.9 Å². The fraction of sp³-hybridized carbons (Fsp3) is 0.421. The molecule has 0 amide bonds. The van der Waals surface area contributed by atoms with Gasteiger partial charge in [-0.15, -0.1) is 0 Å². The van der Waals surface area contributed by atoms with Crippen LogP contribution in [0.4, 0.5) is 0 Å². The molecule has 5 nitrogen and oxygen atoms in total. The Morgan fingerprint density at radius 1 is 0.750 bits per heavy atom. The van der Waals surface area contributed by atoms with E-state index in [0.717, 1.165) is 49.0 Å². The summed E-state index contributed by atoms with van der Waals surface area (Å²) in [5.41, 5.74) is 1.80. The summed E-state index contributed by atoms with van der Waals surface area (Å²) in [7, 11) is 0. The summed E-state index contributed by atoms with van der Waals surface area (Å²) >= 11 is 0. The number of aromatic nitrogens is 5. The third-order valence-electron chi connectivity index (χ3n) is 4.14. The average Bonchev–Trinajstić information content (AvgIpc) is 3.27. The maximum atomic E-state index is 4.83. The Kier molecular flexibility index (Phi) is 15.5. The third kappa shape index (κ3) is 7.09. The molecule has 3 rings (SSSR count). The van der Waals surface area contributed by atoms with Gasteiger partial charge in [-0.2, -0.15) is 0 Å². The molecule has 0 aromatic carbocycles. The van der Waals surface area contributed by atoms with Crippen molar-refractivity contribution in [2.45, 2.75) is 52.6 Å². The minimum absolute atomic E-state index is 0. The normalized spacial score (nSPS) is 9.50. The first-order valence-electron chi connectivity index (χ1n) is 8.83. The molecule has 0 unspecified atom stereocenters. The molecule has 0 fully saturated rings. The number of hydrogen-bond donors (Lipinski definition) is 0. The number of aryl methyl sites for hydroxylation is 2. The molecule has 0 saturated carbocycles. The molecular weight excluding hydrogens is 460 g/mol. The van der Waals surface area contributed by atoms with Gasteiger partial charge in [-0.05, 0) is 25.0 Å². The SMILES string of the molecule is CCCCn1ccnc1-c1cccc(-c2nccn2CCCC)n1.[Cl-].[Cl-].[Cl-].[Fe+3]. The number of hydrogen-bond acceptors (Lipinski definition) is 3. The molecule has 3 heterocycles. The van der Waals surface area contributed by atoms with Crippen molar-refractivity contribution >= 4 is 0 Å². The Hall–Kier alpha value is -1.04. The van der Waals surface area contributed by atoms with Crippen LogP contribution in [0.15, 0.2) is 43.0 Å². The number of unbranched alkanes of at least 4 members (excludes halogenated alkanes) is 2. The largest absolute Gasteiger partial charge is 3.00 e. The first-order chi connectivity index (χ1) is 11.8. The summed E-state index contributed by atoms with van der Waals surface area (Å²) in [6.45, 7) is 6.35. The number of halogens is 3. The van der Waals surface area contributed by atoms with E-state index in [0.29, 0.717) is 0 Å². The van der Waals surface area contributed by atoms with Gasteiger partial charge < -0.3 is 46.4 Å². The zero-order chi connectivity index (χ0) is 16.8. The van der Waals surface area contributed by atoms with Crippen LogP contribution in [0.25, 0.3) is 23.0 Å². The van der Waals surface area contributed by atoms with Gasteiger partial charge in [0.1, 0.15) is 11.4 Å². The Morgan fingerprint density at radius 3 is 1.57 bits per heavy atom. The van der Waals surface area contributed by atoms with E-state index >= 15 is 0 Å². The first-order valence-corrected chi connectivity index (χ1v) is 8.83. The Bertz CT molecular complexity index is 730. The zero-order valence-electron chi connectivity index (χ0n) is 16.0. The molecule has 28 heavy (non-hydrogen) atoms. The fourth-order valence-corrected chi connectivity index (χ4v) is 2.79. The topological polar surface area (TPSA) is 48.5 Å². The average molecular weight is 486 g/mol. The summed E-state index contributed by atoms with van der Waals surface area (Å²) in [5.74, 6) is 1.86. The number of imidazole rings is 2. The molecule has 0 aliphatic heterocycles. The van der Waals surface area contributed by atoms with Crippen LogP contribution in [0, 0.1) is 0 Å². The molecule has 0 atom stereocenters. The van der Waals surface area contributed by atoms with Gasteiger partial charge in [0.25, 0.3) is 0 Å². The van der Waals surface area contributed by atoms with E-state index in [1.807, 2.05) is 43.0 Å². The molecule has 0 aliphatic rings. The fourth-order valence-electron chi connectivity index (χ4n) is 2.79. The maximum absolute atomic E-state index is 4.83. The second kappa shape index (κ2) is 14.9. The predicted molar refractivity (Wildman–Crippen MR) is 96.5 cm³/mol. The van der Waals surface area contributed by atoms with Crippen LogP contribution in [0.3, 0.4) is 0 Å². The van der Waals surface area contributed by atoms with Crippen molar-refractivity contribution in [2.75, 3.05) is 0 Å². The second-order valence-electron chi connectivity index (χ2n) is 6.00. The molecular formula is C19H25Cl3FeN5. The van der Waals surface area contributed by atoms with Gasteiger partial charge in [-0.3, -0.25) is 0 Å².